The van der Waals surface area contributed by atoms with Gasteiger partial charge in [0.15, 0.2) is 17.0 Å². The molecule has 11 nitrogen and oxygen atoms in total. The quantitative estimate of drug-likeness (QED) is 0.375. The van der Waals surface area contributed by atoms with E-state index in [2.05, 4.69) is 37.0 Å². The van der Waals surface area contributed by atoms with Crippen LogP contribution in [0.1, 0.15) is 31.7 Å². The van der Waals surface area contributed by atoms with E-state index >= 15 is 0 Å². The second-order valence-electron chi connectivity index (χ2n) is 5.69. The molecule has 1 unspecified atom stereocenters. The highest BCUT2D eigenvalue weighted by Gasteiger charge is 2.24. The third kappa shape index (κ3) is 5.62. The number of hydrogen-bond donors (Lipinski definition) is 5. The number of imidazole rings is 1. The summed E-state index contributed by atoms with van der Waals surface area (Å²) in [5, 5.41) is 10.4. The van der Waals surface area contributed by atoms with Crippen molar-refractivity contribution in [1.82, 2.24) is 19.5 Å². The predicted octanol–water partition coefficient (Wildman–Crippen LogP) is 0.830. The number of nitrogens with two attached hydrogens (primary N) is 1. The molecule has 4 rings (SSSR count). The van der Waals surface area contributed by atoms with E-state index in [4.69, 9.17) is 28.4 Å². The van der Waals surface area contributed by atoms with Crippen LogP contribution >= 0.6 is 0 Å². The van der Waals surface area contributed by atoms with Crippen molar-refractivity contribution in [2.45, 2.75) is 37.8 Å². The summed E-state index contributed by atoms with van der Waals surface area (Å²) >= 11 is 0. The van der Waals surface area contributed by atoms with Gasteiger partial charge in [-0.3, -0.25) is 9.11 Å². The average molecular weight is 386 g/mol. The number of allylic oxidation sites excluding steroid dienone is 2. The first kappa shape index (κ1) is 20.0. The lowest BCUT2D eigenvalue weighted by Crippen LogP contribution is -2.09. The van der Waals surface area contributed by atoms with Crippen LogP contribution in [0.25, 0.3) is 11.2 Å². The molecule has 2 heterocycles. The van der Waals surface area contributed by atoms with Gasteiger partial charge in [0.05, 0.1) is 12.4 Å². The Bertz CT molecular complexity index is 869. The number of hydrogen-bond acceptors (Lipinski definition) is 8. The van der Waals surface area contributed by atoms with Crippen molar-refractivity contribution in [3.8, 4) is 0 Å². The maximum atomic E-state index is 8.74. The topological polar surface area (TPSA) is 176 Å². The van der Waals surface area contributed by atoms with Gasteiger partial charge in [-0.1, -0.05) is 12.2 Å². The van der Waals surface area contributed by atoms with E-state index in [1.807, 2.05) is 6.33 Å². The fraction of sp³-hybridized carbons (Fsp3) is 0.500. The van der Waals surface area contributed by atoms with Crippen LogP contribution in [0.2, 0.25) is 0 Å². The zero-order chi connectivity index (χ0) is 19.3. The van der Waals surface area contributed by atoms with Crippen molar-refractivity contribution < 1.29 is 22.6 Å². The van der Waals surface area contributed by atoms with Gasteiger partial charge in [0.25, 0.3) is 0 Å². The lowest BCUT2D eigenvalue weighted by Gasteiger charge is -2.11. The van der Waals surface area contributed by atoms with E-state index < -0.39 is 10.4 Å². The summed E-state index contributed by atoms with van der Waals surface area (Å²) in [5.41, 5.74) is 7.47. The molecule has 2 aliphatic carbocycles. The second kappa shape index (κ2) is 8.40. The van der Waals surface area contributed by atoms with Crippen molar-refractivity contribution in [1.29, 1.82) is 0 Å². The minimum absolute atomic E-state index is 0.305. The van der Waals surface area contributed by atoms with Crippen LogP contribution in [0.3, 0.4) is 0 Å². The van der Waals surface area contributed by atoms with Gasteiger partial charge >= 0.3 is 10.4 Å². The molecule has 0 aliphatic heterocycles. The highest BCUT2D eigenvalue weighted by atomic mass is 32.3. The molecule has 0 aromatic carbocycles. The van der Waals surface area contributed by atoms with Gasteiger partial charge in [0, 0.05) is 13.2 Å². The van der Waals surface area contributed by atoms with E-state index in [1.54, 1.807) is 0 Å². The third-order valence-electron chi connectivity index (χ3n) is 3.70. The number of aliphatic hydroxyl groups is 1. The molecule has 26 heavy (non-hydrogen) atoms. The smallest absolute Gasteiger partial charge is 0.394 e. The molecule has 1 saturated carbocycles. The summed E-state index contributed by atoms with van der Waals surface area (Å²) in [5.74, 6) is 1.07. The van der Waals surface area contributed by atoms with Crippen LogP contribution < -0.4 is 11.1 Å². The summed E-state index contributed by atoms with van der Waals surface area (Å²) in [7, 11) is -3.67. The highest BCUT2D eigenvalue weighted by Crippen LogP contribution is 2.31. The van der Waals surface area contributed by atoms with Gasteiger partial charge in [-0.05, 0) is 25.7 Å². The zero-order valence-electron chi connectivity index (χ0n) is 14.1. The Morgan fingerprint density at radius 2 is 1.88 bits per heavy atom. The van der Waals surface area contributed by atoms with Crippen molar-refractivity contribution >= 4 is 33.3 Å². The third-order valence-corrected chi connectivity index (χ3v) is 3.70. The molecule has 0 amide bonds. The van der Waals surface area contributed by atoms with Crippen LogP contribution in [0.4, 0.5) is 11.8 Å². The van der Waals surface area contributed by atoms with E-state index in [-0.39, 0.29) is 0 Å². The SMILES string of the molecule is CO.Nc1nc(NC2CC2)c2ncn(C3C=CCC3)c2n1.O=S(=O)(O)O. The fourth-order valence-electron chi connectivity index (χ4n) is 2.55. The molecule has 2 aliphatic rings. The van der Waals surface area contributed by atoms with Crippen molar-refractivity contribution in [2.24, 2.45) is 0 Å². The van der Waals surface area contributed by atoms with E-state index in [1.165, 1.54) is 12.8 Å². The summed E-state index contributed by atoms with van der Waals surface area (Å²) in [6.45, 7) is 0. The average Bonchev–Trinajstić information content (AvgIpc) is 3.05. The Balaban J connectivity index is 0.000000304. The standard InChI is InChI=1S/C13H16N6.CH4O.H2O4S/c14-13-17-11(16-8-5-6-8)10-12(18-13)19(7-15-10)9-3-1-2-4-9;1-2;1-5(2,3)4/h1,3,7-9H,2,4-6H2,(H3,14,16,17,18);2H,1H3;(H2,1,2,3,4). The molecule has 6 N–H and O–H groups in total. The van der Waals surface area contributed by atoms with Crippen LogP contribution in [-0.2, 0) is 10.4 Å². The molecule has 0 saturated heterocycles. The maximum Gasteiger partial charge on any atom is 0.394 e. The first-order valence-corrected chi connectivity index (χ1v) is 9.29. The molecule has 0 radical (unpaired) electrons. The Kier molecular flexibility index (Phi) is 6.47. The van der Waals surface area contributed by atoms with Crippen LogP contribution in [0.15, 0.2) is 18.5 Å². The number of nitrogens with zero attached hydrogens (tertiary/aromatic N) is 4. The fourth-order valence-corrected chi connectivity index (χ4v) is 2.55. The molecule has 2 aromatic heterocycles. The number of fused-ring (bicyclic) bond motifs is 1. The van der Waals surface area contributed by atoms with Crippen molar-refractivity contribution in [3.63, 3.8) is 0 Å². The molecular formula is C14H22N6O5S. The Hall–Kier alpha value is -2.28. The molecule has 12 heteroatoms. The molecule has 2 aromatic rings. The van der Waals surface area contributed by atoms with Crippen molar-refractivity contribution in [2.75, 3.05) is 18.2 Å². The summed E-state index contributed by atoms with van der Waals surface area (Å²) in [6.07, 6.45) is 10.8. The molecule has 1 fully saturated rings. The normalized spacial score (nSPS) is 18.7. The van der Waals surface area contributed by atoms with E-state index in [0.29, 0.717) is 18.0 Å². The largest absolute Gasteiger partial charge is 0.400 e. The monoisotopic (exact) mass is 386 g/mol. The molecule has 0 spiro atoms. The number of nitrogen functional groups attached to an aromatic ring is 1. The minimum Gasteiger partial charge on any atom is -0.400 e. The Morgan fingerprint density at radius 3 is 2.42 bits per heavy atom. The van der Waals surface area contributed by atoms with Gasteiger partial charge in [-0.15, -0.1) is 0 Å². The van der Waals surface area contributed by atoms with Crippen LogP contribution in [-0.4, -0.2) is 55.3 Å². The first-order chi connectivity index (χ1) is 12.3. The van der Waals surface area contributed by atoms with E-state index in [0.717, 1.165) is 36.9 Å². The Morgan fingerprint density at radius 1 is 1.23 bits per heavy atom. The van der Waals surface area contributed by atoms with Crippen LogP contribution in [0, 0.1) is 0 Å². The number of nitrogens with one attached hydrogen (secondary N) is 1. The number of aromatic nitrogens is 4. The van der Waals surface area contributed by atoms with Gasteiger partial charge in [-0.2, -0.15) is 18.4 Å². The second-order valence-corrected chi connectivity index (χ2v) is 6.59. The van der Waals surface area contributed by atoms with Gasteiger partial charge in [0.2, 0.25) is 5.95 Å². The van der Waals surface area contributed by atoms with Crippen molar-refractivity contribution in [3.05, 3.63) is 18.5 Å². The van der Waals surface area contributed by atoms with Crippen LogP contribution in [0.5, 0.6) is 0 Å². The summed E-state index contributed by atoms with van der Waals surface area (Å²) in [6, 6.07) is 0.863. The minimum atomic E-state index is -4.67. The Labute approximate surface area is 150 Å². The highest BCUT2D eigenvalue weighted by molar-refractivity contribution is 7.79. The molecular weight excluding hydrogens is 364 g/mol. The predicted molar refractivity (Wildman–Crippen MR) is 96.1 cm³/mol. The first-order valence-electron chi connectivity index (χ1n) is 7.89. The van der Waals surface area contributed by atoms with Gasteiger partial charge in [0.1, 0.15) is 0 Å². The zero-order valence-corrected chi connectivity index (χ0v) is 15.0. The number of rotatable bonds is 3. The number of anilines is 2. The van der Waals surface area contributed by atoms with Gasteiger partial charge in [-0.25, -0.2) is 4.98 Å². The molecule has 1 atom stereocenters. The summed E-state index contributed by atoms with van der Waals surface area (Å²) in [4.78, 5) is 13.1. The molecule has 144 valence electrons. The number of aliphatic hydroxyl groups excluding tert-OH is 1. The lowest BCUT2D eigenvalue weighted by atomic mass is 10.2. The molecule has 0 bridgehead atoms. The maximum absolute atomic E-state index is 8.74. The van der Waals surface area contributed by atoms with E-state index in [9.17, 15) is 0 Å². The summed E-state index contributed by atoms with van der Waals surface area (Å²) < 4.78 is 33.7. The van der Waals surface area contributed by atoms with Gasteiger partial charge < -0.3 is 20.7 Å². The lowest BCUT2D eigenvalue weighted by molar-refractivity contribution is 0.381.